The van der Waals surface area contributed by atoms with Crippen molar-refractivity contribution in [3.05, 3.63) is 30.0 Å². The van der Waals surface area contributed by atoms with Gasteiger partial charge < -0.3 is 19.1 Å². The molecule has 0 saturated carbocycles. The van der Waals surface area contributed by atoms with Crippen molar-refractivity contribution in [1.29, 1.82) is 0 Å². The van der Waals surface area contributed by atoms with Crippen LogP contribution in [0.1, 0.15) is 5.56 Å². The van der Waals surface area contributed by atoms with Crippen molar-refractivity contribution < 1.29 is 14.2 Å². The zero-order valence-electron chi connectivity index (χ0n) is 10.9. The monoisotopic (exact) mass is 249 g/mol. The zero-order chi connectivity index (χ0) is 12.8. The summed E-state index contributed by atoms with van der Waals surface area (Å²) in [5.74, 6) is 1.50. The van der Waals surface area contributed by atoms with Gasteiger partial charge in [-0.25, -0.2) is 0 Å². The first-order valence-electron chi connectivity index (χ1n) is 6.05. The van der Waals surface area contributed by atoms with Crippen molar-refractivity contribution in [3.8, 4) is 11.5 Å². The fourth-order valence-corrected chi connectivity index (χ4v) is 1.87. The molecule has 0 aromatic heterocycles. The van der Waals surface area contributed by atoms with E-state index < -0.39 is 0 Å². The molecule has 0 unspecified atom stereocenters. The highest BCUT2D eigenvalue weighted by Gasteiger charge is 2.06. The van der Waals surface area contributed by atoms with E-state index in [1.54, 1.807) is 14.2 Å². The molecular formula is C14H19NO3. The first-order chi connectivity index (χ1) is 8.83. The lowest BCUT2D eigenvalue weighted by Crippen LogP contribution is -2.31. The van der Waals surface area contributed by atoms with Crippen LogP contribution in [0.15, 0.2) is 24.4 Å². The molecule has 1 heterocycles. The minimum Gasteiger partial charge on any atom is -0.493 e. The van der Waals surface area contributed by atoms with Crippen molar-refractivity contribution in [2.24, 2.45) is 0 Å². The van der Waals surface area contributed by atoms with Gasteiger partial charge in [-0.3, -0.25) is 0 Å². The Kier molecular flexibility index (Phi) is 4.47. The van der Waals surface area contributed by atoms with Crippen LogP contribution >= 0.6 is 0 Å². The number of methoxy groups -OCH3 is 2. The minimum atomic E-state index is 0.751. The van der Waals surface area contributed by atoms with Crippen LogP contribution in [0, 0.1) is 0 Å². The molecule has 1 aromatic carbocycles. The molecule has 1 aromatic rings. The number of nitrogens with zero attached hydrogens (tertiary/aromatic N) is 1. The van der Waals surface area contributed by atoms with Gasteiger partial charge in [0.1, 0.15) is 0 Å². The van der Waals surface area contributed by atoms with Gasteiger partial charge in [0, 0.05) is 13.1 Å². The molecule has 0 radical (unpaired) electrons. The molecule has 4 heteroatoms. The van der Waals surface area contributed by atoms with Crippen molar-refractivity contribution in [3.63, 3.8) is 0 Å². The van der Waals surface area contributed by atoms with E-state index in [9.17, 15) is 0 Å². The third-order valence-corrected chi connectivity index (χ3v) is 2.93. The summed E-state index contributed by atoms with van der Waals surface area (Å²) in [5.41, 5.74) is 1.10. The molecule has 0 N–H and O–H groups in total. The second-order valence-corrected chi connectivity index (χ2v) is 4.08. The quantitative estimate of drug-likeness (QED) is 0.816. The summed E-state index contributed by atoms with van der Waals surface area (Å²) in [7, 11) is 3.29. The lowest BCUT2D eigenvalue weighted by molar-refractivity contribution is 0.0597. The molecule has 2 rings (SSSR count). The Labute approximate surface area is 108 Å². The Morgan fingerprint density at radius 3 is 2.50 bits per heavy atom. The molecule has 18 heavy (non-hydrogen) atoms. The van der Waals surface area contributed by atoms with Crippen LogP contribution < -0.4 is 9.47 Å². The van der Waals surface area contributed by atoms with E-state index in [2.05, 4.69) is 17.2 Å². The summed E-state index contributed by atoms with van der Waals surface area (Å²) in [4.78, 5) is 2.25. The predicted molar refractivity (Wildman–Crippen MR) is 71.0 cm³/mol. The summed E-state index contributed by atoms with van der Waals surface area (Å²) < 4.78 is 15.8. The number of morpholine rings is 1. The summed E-state index contributed by atoms with van der Waals surface area (Å²) in [6.07, 6.45) is 4.18. The van der Waals surface area contributed by atoms with E-state index in [0.717, 1.165) is 43.4 Å². The third kappa shape index (κ3) is 3.17. The Hall–Kier alpha value is -1.68. The Bertz CT molecular complexity index is 412. The van der Waals surface area contributed by atoms with Crippen LogP contribution in [0.3, 0.4) is 0 Å². The first-order valence-corrected chi connectivity index (χ1v) is 6.05. The summed E-state index contributed by atoms with van der Waals surface area (Å²) in [6.45, 7) is 3.50. The minimum absolute atomic E-state index is 0.751. The molecule has 1 aliphatic heterocycles. The molecule has 0 amide bonds. The lowest BCUT2D eigenvalue weighted by Gasteiger charge is -2.25. The zero-order valence-corrected chi connectivity index (χ0v) is 10.9. The van der Waals surface area contributed by atoms with Gasteiger partial charge in [-0.2, -0.15) is 0 Å². The molecule has 1 fully saturated rings. The molecule has 0 bridgehead atoms. The number of rotatable bonds is 4. The predicted octanol–water partition coefficient (Wildman–Crippen LogP) is 2.01. The Morgan fingerprint density at radius 2 is 1.83 bits per heavy atom. The molecular weight excluding hydrogens is 230 g/mol. The van der Waals surface area contributed by atoms with Crippen molar-refractivity contribution in [2.45, 2.75) is 0 Å². The molecule has 4 nitrogen and oxygen atoms in total. The number of benzene rings is 1. The molecule has 98 valence electrons. The van der Waals surface area contributed by atoms with Crippen LogP contribution in [-0.4, -0.2) is 45.4 Å². The summed E-state index contributed by atoms with van der Waals surface area (Å²) in [5, 5.41) is 0. The first kappa shape index (κ1) is 12.8. The van der Waals surface area contributed by atoms with Gasteiger partial charge in [-0.05, 0) is 30.0 Å². The average molecular weight is 249 g/mol. The van der Waals surface area contributed by atoms with Gasteiger partial charge in [-0.15, -0.1) is 0 Å². The second-order valence-electron chi connectivity index (χ2n) is 4.08. The topological polar surface area (TPSA) is 30.9 Å². The highest BCUT2D eigenvalue weighted by Crippen LogP contribution is 2.27. The van der Waals surface area contributed by atoms with Crippen molar-refractivity contribution in [1.82, 2.24) is 4.90 Å². The van der Waals surface area contributed by atoms with Gasteiger partial charge in [0.15, 0.2) is 11.5 Å². The highest BCUT2D eigenvalue weighted by atomic mass is 16.5. The second kappa shape index (κ2) is 6.31. The van der Waals surface area contributed by atoms with Gasteiger partial charge >= 0.3 is 0 Å². The molecule has 0 aliphatic carbocycles. The lowest BCUT2D eigenvalue weighted by atomic mass is 10.2. The highest BCUT2D eigenvalue weighted by molar-refractivity contribution is 5.55. The third-order valence-electron chi connectivity index (χ3n) is 2.93. The SMILES string of the molecule is COc1ccc(/C=C/N2CCOCC2)cc1OC. The summed E-state index contributed by atoms with van der Waals surface area (Å²) in [6, 6.07) is 5.89. The maximum Gasteiger partial charge on any atom is 0.161 e. The van der Waals surface area contributed by atoms with E-state index in [1.165, 1.54) is 0 Å². The van der Waals surface area contributed by atoms with E-state index in [4.69, 9.17) is 14.2 Å². The maximum absolute atomic E-state index is 5.31. The molecule has 1 aliphatic rings. The fourth-order valence-electron chi connectivity index (χ4n) is 1.87. The van der Waals surface area contributed by atoms with E-state index in [0.29, 0.717) is 0 Å². The van der Waals surface area contributed by atoms with Crippen molar-refractivity contribution >= 4 is 6.08 Å². The molecule has 0 atom stereocenters. The van der Waals surface area contributed by atoms with E-state index >= 15 is 0 Å². The van der Waals surface area contributed by atoms with E-state index in [-0.39, 0.29) is 0 Å². The number of hydrogen-bond donors (Lipinski definition) is 0. The molecule has 1 saturated heterocycles. The number of hydrogen-bond acceptors (Lipinski definition) is 4. The molecule has 0 spiro atoms. The van der Waals surface area contributed by atoms with Gasteiger partial charge in [-0.1, -0.05) is 6.07 Å². The van der Waals surface area contributed by atoms with Crippen LogP contribution in [0.25, 0.3) is 6.08 Å². The Morgan fingerprint density at radius 1 is 1.11 bits per heavy atom. The smallest absolute Gasteiger partial charge is 0.161 e. The number of ether oxygens (including phenoxy) is 3. The van der Waals surface area contributed by atoms with Gasteiger partial charge in [0.2, 0.25) is 0 Å². The normalized spacial score (nSPS) is 16.0. The fraction of sp³-hybridized carbons (Fsp3) is 0.429. The Balaban J connectivity index is 2.06. The van der Waals surface area contributed by atoms with Crippen LogP contribution in [0.2, 0.25) is 0 Å². The van der Waals surface area contributed by atoms with Crippen LogP contribution in [-0.2, 0) is 4.74 Å². The van der Waals surface area contributed by atoms with Gasteiger partial charge in [0.25, 0.3) is 0 Å². The standard InChI is InChI=1S/C14H19NO3/c1-16-13-4-3-12(11-14(13)17-2)5-6-15-7-9-18-10-8-15/h3-6,11H,7-10H2,1-2H3/b6-5+. The van der Waals surface area contributed by atoms with Gasteiger partial charge in [0.05, 0.1) is 27.4 Å². The van der Waals surface area contributed by atoms with Crippen LogP contribution in [0.4, 0.5) is 0 Å². The van der Waals surface area contributed by atoms with Crippen molar-refractivity contribution in [2.75, 3.05) is 40.5 Å². The summed E-state index contributed by atoms with van der Waals surface area (Å²) >= 11 is 0. The van der Waals surface area contributed by atoms with E-state index in [1.807, 2.05) is 18.2 Å². The largest absolute Gasteiger partial charge is 0.493 e. The van der Waals surface area contributed by atoms with Crippen LogP contribution in [0.5, 0.6) is 11.5 Å². The maximum atomic E-state index is 5.31. The average Bonchev–Trinajstić information content (AvgIpc) is 2.45.